The normalized spacial score (nSPS) is 10.8. The van der Waals surface area contributed by atoms with Gasteiger partial charge in [-0.2, -0.15) is 8.42 Å². The van der Waals surface area contributed by atoms with Crippen LogP contribution in [0, 0.1) is 20.2 Å². The van der Waals surface area contributed by atoms with Crippen molar-refractivity contribution in [1.29, 1.82) is 0 Å². The molecule has 12 nitrogen and oxygen atoms in total. The van der Waals surface area contributed by atoms with Crippen LogP contribution in [0.3, 0.4) is 0 Å². The van der Waals surface area contributed by atoms with Crippen LogP contribution in [0.25, 0.3) is 10.8 Å². The number of hydrogen-bond donors (Lipinski definition) is 4. The van der Waals surface area contributed by atoms with Gasteiger partial charge in [-0.05, 0) is 47.2 Å². The van der Waals surface area contributed by atoms with Gasteiger partial charge in [-0.15, -0.1) is 0 Å². The summed E-state index contributed by atoms with van der Waals surface area (Å²) in [5, 5.41) is 35.2. The highest BCUT2D eigenvalue weighted by Crippen LogP contribution is 2.35. The summed E-state index contributed by atoms with van der Waals surface area (Å²) >= 11 is 0. The molecule has 0 radical (unpaired) electrons. The number of hydrogen-bond acceptors (Lipinski definition) is 9. The third-order valence-electron chi connectivity index (χ3n) is 4.70. The fourth-order valence-corrected chi connectivity index (χ4v) is 3.49. The average molecular weight is 498 g/mol. The first-order valence-electron chi connectivity index (χ1n) is 9.70. The number of anilines is 3. The number of nitrogens with one attached hydrogen (secondary N) is 1. The van der Waals surface area contributed by atoms with Crippen molar-refractivity contribution in [3.63, 3.8) is 0 Å². The van der Waals surface area contributed by atoms with Crippen molar-refractivity contribution < 1.29 is 27.9 Å². The lowest BCUT2D eigenvalue weighted by Gasteiger charge is -2.08. The highest BCUT2D eigenvalue weighted by molar-refractivity contribution is 7.85. The van der Waals surface area contributed by atoms with E-state index in [4.69, 9.17) is 15.4 Å². The zero-order chi connectivity index (χ0) is 25.8. The monoisotopic (exact) mass is 498 g/mol. The Labute approximate surface area is 198 Å². The summed E-state index contributed by atoms with van der Waals surface area (Å²) in [5.41, 5.74) is 5.08. The van der Waals surface area contributed by atoms with E-state index in [1.807, 2.05) is 42.5 Å². The van der Waals surface area contributed by atoms with Crippen molar-refractivity contribution >= 4 is 49.3 Å². The minimum Gasteiger partial charge on any atom is -0.501 e. The molecule has 5 N–H and O–H groups in total. The standard InChI is InChI=1S/C16H13NO3S.C6H5N3O5/c18-21(19,20)16-9-7-14(8-10-16)17-15-6-5-12-3-1-2-4-13(12)11-15;7-4-1-3(8(11)12)2-5(6(4)10)9(13)14/h1-11,17H,(H,18,19,20);1-2,10H,7H2. The second-order valence-electron chi connectivity index (χ2n) is 7.10. The van der Waals surface area contributed by atoms with Crippen LogP contribution in [0.1, 0.15) is 0 Å². The first kappa shape index (κ1) is 24.9. The summed E-state index contributed by atoms with van der Waals surface area (Å²) in [6.45, 7) is 0. The molecule has 0 saturated carbocycles. The van der Waals surface area contributed by atoms with Crippen molar-refractivity contribution in [3.05, 3.63) is 99.1 Å². The molecule has 0 fully saturated rings. The summed E-state index contributed by atoms with van der Waals surface area (Å²) in [7, 11) is -4.15. The molecule has 0 aliphatic heterocycles. The van der Waals surface area contributed by atoms with Crippen LogP contribution in [0.15, 0.2) is 83.8 Å². The Balaban J connectivity index is 0.000000214. The molecule has 0 aliphatic carbocycles. The largest absolute Gasteiger partial charge is 0.501 e. The fraction of sp³-hybridized carbons (Fsp3) is 0. The van der Waals surface area contributed by atoms with Crippen LogP contribution in [-0.2, 0) is 10.1 Å². The first-order chi connectivity index (χ1) is 16.5. The molecule has 0 bridgehead atoms. The molecule has 0 saturated heterocycles. The van der Waals surface area contributed by atoms with E-state index in [0.29, 0.717) is 6.07 Å². The van der Waals surface area contributed by atoms with Crippen molar-refractivity contribution in [2.24, 2.45) is 0 Å². The summed E-state index contributed by atoms with van der Waals surface area (Å²) in [6, 6.07) is 21.5. The molecule has 13 heteroatoms. The Bertz CT molecular complexity index is 1520. The van der Waals surface area contributed by atoms with Gasteiger partial charge < -0.3 is 16.2 Å². The Morgan fingerprint density at radius 1 is 0.800 bits per heavy atom. The van der Waals surface area contributed by atoms with Gasteiger partial charge in [0.05, 0.1) is 26.5 Å². The van der Waals surface area contributed by atoms with Gasteiger partial charge in [0.25, 0.3) is 15.8 Å². The number of nitrogens with zero attached hydrogens (tertiary/aromatic N) is 2. The molecule has 4 rings (SSSR count). The van der Waals surface area contributed by atoms with E-state index in [0.717, 1.165) is 28.2 Å². The van der Waals surface area contributed by atoms with E-state index in [-0.39, 0.29) is 4.90 Å². The zero-order valence-corrected chi connectivity index (χ0v) is 18.5. The number of rotatable bonds is 5. The van der Waals surface area contributed by atoms with Crippen LogP contribution in [0.5, 0.6) is 5.75 Å². The summed E-state index contributed by atoms with van der Waals surface area (Å²) in [6.07, 6.45) is 0. The number of nitrogen functional groups attached to an aromatic ring is 1. The lowest BCUT2D eigenvalue weighted by Crippen LogP contribution is -1.98. The predicted molar refractivity (Wildman–Crippen MR) is 129 cm³/mol. The second kappa shape index (κ2) is 10.0. The van der Waals surface area contributed by atoms with Gasteiger partial charge in [-0.25, -0.2) is 0 Å². The number of aromatic hydroxyl groups is 1. The number of nitro benzene ring substituents is 2. The van der Waals surface area contributed by atoms with Crippen molar-refractivity contribution in [3.8, 4) is 5.75 Å². The Kier molecular flexibility index (Phi) is 7.13. The molecule has 4 aromatic rings. The van der Waals surface area contributed by atoms with Crippen molar-refractivity contribution in [2.45, 2.75) is 4.90 Å². The maximum Gasteiger partial charge on any atom is 0.319 e. The molecular formula is C22H18N4O8S. The zero-order valence-electron chi connectivity index (χ0n) is 17.7. The summed E-state index contributed by atoms with van der Waals surface area (Å²) in [5.74, 6) is -0.763. The van der Waals surface area contributed by atoms with Gasteiger partial charge in [0.2, 0.25) is 5.75 Å². The Morgan fingerprint density at radius 3 is 1.97 bits per heavy atom. The van der Waals surface area contributed by atoms with Gasteiger partial charge >= 0.3 is 5.69 Å². The molecule has 180 valence electrons. The summed E-state index contributed by atoms with van der Waals surface area (Å²) < 4.78 is 30.9. The number of fused-ring (bicyclic) bond motifs is 1. The molecule has 0 spiro atoms. The van der Waals surface area contributed by atoms with Crippen LogP contribution in [0.4, 0.5) is 28.4 Å². The van der Waals surface area contributed by atoms with Crippen molar-refractivity contribution in [1.82, 2.24) is 0 Å². The average Bonchev–Trinajstić information content (AvgIpc) is 2.80. The van der Waals surface area contributed by atoms with Gasteiger partial charge in [-0.1, -0.05) is 30.3 Å². The van der Waals surface area contributed by atoms with Crippen LogP contribution < -0.4 is 11.1 Å². The molecule has 35 heavy (non-hydrogen) atoms. The first-order valence-corrected chi connectivity index (χ1v) is 11.1. The minimum atomic E-state index is -4.15. The predicted octanol–water partition coefficient (Wildman–Crippen LogP) is 4.62. The van der Waals surface area contributed by atoms with E-state index < -0.39 is 42.8 Å². The maximum atomic E-state index is 11.0. The molecule has 0 heterocycles. The van der Waals surface area contributed by atoms with Gasteiger partial charge in [-0.3, -0.25) is 24.8 Å². The SMILES string of the molecule is Nc1cc([N+](=O)[O-])cc([N+](=O)[O-])c1O.O=S(=O)(O)c1ccc(Nc2ccc3ccccc3c2)cc1. The lowest BCUT2D eigenvalue weighted by atomic mass is 10.1. The van der Waals surface area contributed by atoms with E-state index in [2.05, 4.69) is 5.32 Å². The fourth-order valence-electron chi connectivity index (χ4n) is 3.01. The summed E-state index contributed by atoms with van der Waals surface area (Å²) in [4.78, 5) is 18.7. The van der Waals surface area contributed by atoms with Crippen LogP contribution in [0.2, 0.25) is 0 Å². The van der Waals surface area contributed by atoms with Crippen molar-refractivity contribution in [2.75, 3.05) is 11.1 Å². The number of phenolic OH excluding ortho intramolecular Hbond substituents is 1. The number of non-ortho nitro benzene ring substituents is 1. The van der Waals surface area contributed by atoms with Crippen LogP contribution >= 0.6 is 0 Å². The number of nitro groups is 2. The molecule has 0 atom stereocenters. The van der Waals surface area contributed by atoms with E-state index >= 15 is 0 Å². The Hall–Kier alpha value is -4.75. The Morgan fingerprint density at radius 2 is 1.40 bits per heavy atom. The number of nitrogens with two attached hydrogens (primary N) is 1. The quantitative estimate of drug-likeness (QED) is 0.0989. The molecule has 0 aliphatic rings. The third-order valence-corrected chi connectivity index (χ3v) is 5.57. The topological polar surface area (TPSA) is 199 Å². The minimum absolute atomic E-state index is 0.119. The molecule has 0 unspecified atom stereocenters. The maximum absolute atomic E-state index is 11.0. The molecule has 4 aromatic carbocycles. The van der Waals surface area contributed by atoms with Gasteiger partial charge in [0, 0.05) is 17.4 Å². The highest BCUT2D eigenvalue weighted by Gasteiger charge is 2.22. The van der Waals surface area contributed by atoms with Crippen LogP contribution in [-0.4, -0.2) is 27.9 Å². The van der Waals surface area contributed by atoms with E-state index in [1.165, 1.54) is 12.1 Å². The van der Waals surface area contributed by atoms with Gasteiger partial charge in [0.1, 0.15) is 0 Å². The van der Waals surface area contributed by atoms with E-state index in [1.54, 1.807) is 12.1 Å². The lowest BCUT2D eigenvalue weighted by molar-refractivity contribution is -0.394. The third kappa shape index (κ3) is 6.19. The molecular weight excluding hydrogens is 480 g/mol. The molecule has 0 amide bonds. The number of benzene rings is 4. The van der Waals surface area contributed by atoms with E-state index in [9.17, 15) is 28.6 Å². The second-order valence-corrected chi connectivity index (χ2v) is 8.52. The molecule has 0 aromatic heterocycles. The highest BCUT2D eigenvalue weighted by atomic mass is 32.2. The number of phenols is 1. The van der Waals surface area contributed by atoms with Gasteiger partial charge in [0.15, 0.2) is 0 Å². The smallest absolute Gasteiger partial charge is 0.319 e.